The molecule has 18 heavy (non-hydrogen) atoms. The van der Waals surface area contributed by atoms with Gasteiger partial charge in [-0.15, -0.1) is 0 Å². The van der Waals surface area contributed by atoms with E-state index in [1.54, 1.807) is 12.3 Å². The molecular weight excluding hydrogens is 244 g/mol. The quantitative estimate of drug-likeness (QED) is 0.703. The first-order valence-corrected chi connectivity index (χ1v) is 6.14. The van der Waals surface area contributed by atoms with E-state index < -0.39 is 0 Å². The molecule has 0 saturated heterocycles. The Morgan fingerprint density at radius 2 is 2.06 bits per heavy atom. The van der Waals surface area contributed by atoms with E-state index >= 15 is 0 Å². The van der Waals surface area contributed by atoms with Crippen molar-refractivity contribution in [3.8, 4) is 6.07 Å². The van der Waals surface area contributed by atoms with Gasteiger partial charge in [-0.05, 0) is 36.0 Å². The van der Waals surface area contributed by atoms with Gasteiger partial charge in [-0.2, -0.15) is 5.26 Å². The summed E-state index contributed by atoms with van der Waals surface area (Å²) in [7, 11) is 0. The fourth-order valence-corrected chi connectivity index (χ4v) is 2.39. The molecule has 0 radical (unpaired) electrons. The topological polar surface area (TPSA) is 54.0 Å². The molecule has 0 spiro atoms. The van der Waals surface area contributed by atoms with Crippen molar-refractivity contribution in [1.29, 1.82) is 5.26 Å². The third-order valence-electron chi connectivity index (χ3n) is 2.47. The standard InChI is InChI=1S/C13H8N4S/c14-7-10-4-5-12(15-8-10)18-13-16-9-11-3-1-2-6-17(11)13/h1-6,8-9H. The highest BCUT2D eigenvalue weighted by Crippen LogP contribution is 2.25. The normalized spacial score (nSPS) is 10.4. The Morgan fingerprint density at radius 3 is 2.83 bits per heavy atom. The van der Waals surface area contributed by atoms with Crippen LogP contribution in [0.3, 0.4) is 0 Å². The highest BCUT2D eigenvalue weighted by molar-refractivity contribution is 7.99. The Labute approximate surface area is 108 Å². The number of imidazole rings is 1. The van der Waals surface area contributed by atoms with Gasteiger partial charge in [0.15, 0.2) is 5.16 Å². The van der Waals surface area contributed by atoms with E-state index in [2.05, 4.69) is 16.0 Å². The molecule has 3 aromatic rings. The van der Waals surface area contributed by atoms with Gasteiger partial charge in [0, 0.05) is 12.4 Å². The first-order valence-electron chi connectivity index (χ1n) is 5.33. The second-order valence-corrected chi connectivity index (χ2v) is 4.62. The molecule has 3 heterocycles. The Balaban J connectivity index is 1.94. The van der Waals surface area contributed by atoms with Crippen LogP contribution in [0.4, 0.5) is 0 Å². The number of nitriles is 1. The highest BCUT2D eigenvalue weighted by Gasteiger charge is 2.05. The van der Waals surface area contributed by atoms with Crippen LogP contribution in [0.2, 0.25) is 0 Å². The fraction of sp³-hybridized carbons (Fsp3) is 0. The van der Waals surface area contributed by atoms with E-state index in [0.29, 0.717) is 5.56 Å². The maximum Gasteiger partial charge on any atom is 0.178 e. The molecule has 0 atom stereocenters. The molecule has 4 nitrogen and oxygen atoms in total. The zero-order chi connectivity index (χ0) is 12.4. The van der Waals surface area contributed by atoms with Gasteiger partial charge in [-0.25, -0.2) is 9.97 Å². The Hall–Kier alpha value is -2.32. The lowest BCUT2D eigenvalue weighted by Crippen LogP contribution is -1.87. The van der Waals surface area contributed by atoms with Crippen LogP contribution in [0.1, 0.15) is 5.56 Å². The van der Waals surface area contributed by atoms with Crippen molar-refractivity contribution in [3.63, 3.8) is 0 Å². The zero-order valence-corrected chi connectivity index (χ0v) is 10.1. The summed E-state index contributed by atoms with van der Waals surface area (Å²) >= 11 is 1.47. The van der Waals surface area contributed by atoms with Crippen LogP contribution < -0.4 is 0 Å². The summed E-state index contributed by atoms with van der Waals surface area (Å²) in [5.41, 5.74) is 1.61. The lowest BCUT2D eigenvalue weighted by molar-refractivity contribution is 0.951. The van der Waals surface area contributed by atoms with Gasteiger partial charge in [0.1, 0.15) is 11.1 Å². The molecule has 0 aromatic carbocycles. The molecule has 0 aliphatic carbocycles. The zero-order valence-electron chi connectivity index (χ0n) is 9.32. The molecule has 0 fully saturated rings. The van der Waals surface area contributed by atoms with Gasteiger partial charge in [-0.3, -0.25) is 4.40 Å². The monoisotopic (exact) mass is 252 g/mol. The number of hydrogen-bond donors (Lipinski definition) is 0. The largest absolute Gasteiger partial charge is 0.295 e. The Morgan fingerprint density at radius 1 is 1.11 bits per heavy atom. The van der Waals surface area contributed by atoms with Crippen LogP contribution >= 0.6 is 11.8 Å². The lowest BCUT2D eigenvalue weighted by Gasteiger charge is -2.00. The first kappa shape index (κ1) is 10.8. The summed E-state index contributed by atoms with van der Waals surface area (Å²) in [6, 6.07) is 11.6. The Bertz CT molecular complexity index is 725. The van der Waals surface area contributed by atoms with Crippen molar-refractivity contribution >= 4 is 17.3 Å². The third kappa shape index (κ3) is 1.94. The van der Waals surface area contributed by atoms with Crippen LogP contribution in [-0.4, -0.2) is 14.4 Å². The maximum atomic E-state index is 8.71. The summed E-state index contributed by atoms with van der Waals surface area (Å²) in [6.45, 7) is 0. The molecule has 3 aromatic heterocycles. The second kappa shape index (κ2) is 4.51. The molecule has 3 rings (SSSR count). The van der Waals surface area contributed by atoms with Gasteiger partial charge in [0.05, 0.1) is 17.3 Å². The smallest absolute Gasteiger partial charge is 0.178 e. The Kier molecular flexibility index (Phi) is 2.71. The van der Waals surface area contributed by atoms with Crippen LogP contribution in [-0.2, 0) is 0 Å². The van der Waals surface area contributed by atoms with Gasteiger partial charge >= 0.3 is 0 Å². The average Bonchev–Trinajstić information content (AvgIpc) is 2.83. The van der Waals surface area contributed by atoms with Gasteiger partial charge in [0.25, 0.3) is 0 Å². The van der Waals surface area contributed by atoms with Gasteiger partial charge in [0.2, 0.25) is 0 Å². The van der Waals surface area contributed by atoms with E-state index in [-0.39, 0.29) is 0 Å². The van der Waals surface area contributed by atoms with Crippen molar-refractivity contribution in [3.05, 3.63) is 54.5 Å². The summed E-state index contributed by atoms with van der Waals surface area (Å²) in [6.07, 6.45) is 5.36. The number of rotatable bonds is 2. The molecule has 0 unspecified atom stereocenters. The number of aromatic nitrogens is 3. The summed E-state index contributed by atoms with van der Waals surface area (Å²) in [5.74, 6) is 0. The minimum Gasteiger partial charge on any atom is -0.295 e. The van der Waals surface area contributed by atoms with Crippen LogP contribution in [0.25, 0.3) is 5.52 Å². The average molecular weight is 252 g/mol. The predicted molar refractivity (Wildman–Crippen MR) is 68.3 cm³/mol. The van der Waals surface area contributed by atoms with E-state index in [0.717, 1.165) is 15.7 Å². The van der Waals surface area contributed by atoms with Crippen molar-refractivity contribution in [2.45, 2.75) is 10.2 Å². The minimum absolute atomic E-state index is 0.562. The first-order chi connectivity index (χ1) is 8.86. The lowest BCUT2D eigenvalue weighted by atomic mass is 10.3. The second-order valence-electron chi connectivity index (χ2n) is 3.64. The van der Waals surface area contributed by atoms with Crippen LogP contribution in [0.15, 0.2) is 59.1 Å². The molecular formula is C13H8N4S. The van der Waals surface area contributed by atoms with Crippen LogP contribution in [0, 0.1) is 11.3 Å². The molecule has 0 aliphatic heterocycles. The molecule has 86 valence electrons. The number of nitrogens with zero attached hydrogens (tertiary/aromatic N) is 4. The number of hydrogen-bond acceptors (Lipinski definition) is 4. The predicted octanol–water partition coefficient (Wildman–Crippen LogP) is 2.75. The van der Waals surface area contributed by atoms with E-state index in [1.807, 2.05) is 41.1 Å². The molecule has 0 amide bonds. The van der Waals surface area contributed by atoms with Crippen LogP contribution in [0.5, 0.6) is 0 Å². The molecule has 0 N–H and O–H groups in total. The summed E-state index contributed by atoms with van der Waals surface area (Å²) in [4.78, 5) is 8.57. The third-order valence-corrected chi connectivity index (χ3v) is 3.40. The number of pyridine rings is 2. The highest BCUT2D eigenvalue weighted by atomic mass is 32.2. The van der Waals surface area contributed by atoms with E-state index in [9.17, 15) is 0 Å². The summed E-state index contributed by atoms with van der Waals surface area (Å²) < 4.78 is 2.00. The molecule has 0 saturated carbocycles. The molecule has 0 bridgehead atoms. The van der Waals surface area contributed by atoms with Crippen molar-refractivity contribution in [2.24, 2.45) is 0 Å². The molecule has 0 aliphatic rings. The van der Waals surface area contributed by atoms with E-state index in [4.69, 9.17) is 5.26 Å². The van der Waals surface area contributed by atoms with Gasteiger partial charge < -0.3 is 0 Å². The van der Waals surface area contributed by atoms with Crippen molar-refractivity contribution < 1.29 is 0 Å². The number of fused-ring (bicyclic) bond motifs is 1. The minimum atomic E-state index is 0.562. The van der Waals surface area contributed by atoms with Crippen molar-refractivity contribution in [2.75, 3.05) is 0 Å². The molecule has 5 heteroatoms. The maximum absolute atomic E-state index is 8.71. The van der Waals surface area contributed by atoms with Gasteiger partial charge in [-0.1, -0.05) is 6.07 Å². The fourth-order valence-electron chi connectivity index (χ4n) is 1.60. The van der Waals surface area contributed by atoms with E-state index in [1.165, 1.54) is 11.8 Å². The van der Waals surface area contributed by atoms with Crippen molar-refractivity contribution in [1.82, 2.24) is 14.4 Å². The SMILES string of the molecule is N#Cc1ccc(Sc2ncc3ccccn23)nc1. The summed E-state index contributed by atoms with van der Waals surface area (Å²) in [5, 5.41) is 10.4.